The molecule has 3 rings (SSSR count). The number of benzene rings is 1. The third kappa shape index (κ3) is 8.50. The summed E-state index contributed by atoms with van der Waals surface area (Å²) in [5, 5.41) is 9.30. The van der Waals surface area contributed by atoms with Crippen LogP contribution < -0.4 is 19.7 Å². The van der Waals surface area contributed by atoms with Gasteiger partial charge in [-0.3, -0.25) is 9.78 Å². The Hall–Kier alpha value is -3.21. The van der Waals surface area contributed by atoms with Crippen molar-refractivity contribution in [3.05, 3.63) is 58.5 Å². The SMILES string of the molecule is CCOc1ccc(-c2cs/c(=N\Oc3ccc(C)nc3)n2CCCNC(=O)COCCOC)cc1. The lowest BCUT2D eigenvalue weighted by Crippen LogP contribution is -2.30. The van der Waals surface area contributed by atoms with Crippen LogP contribution in [0.15, 0.2) is 53.1 Å². The van der Waals surface area contributed by atoms with Crippen LogP contribution in [0.1, 0.15) is 19.0 Å². The number of carbonyl (C=O) groups is 1. The minimum Gasteiger partial charge on any atom is -0.494 e. The molecule has 35 heavy (non-hydrogen) atoms. The first kappa shape index (κ1) is 26.4. The smallest absolute Gasteiger partial charge is 0.246 e. The number of hydrogen-bond acceptors (Lipinski definition) is 8. The zero-order valence-electron chi connectivity index (χ0n) is 20.4. The Balaban J connectivity index is 1.70. The number of aromatic nitrogens is 2. The second-order valence-electron chi connectivity index (χ2n) is 7.58. The summed E-state index contributed by atoms with van der Waals surface area (Å²) >= 11 is 1.49. The van der Waals surface area contributed by atoms with E-state index in [9.17, 15) is 4.79 Å². The number of carbonyl (C=O) groups excluding carboxylic acids is 1. The van der Waals surface area contributed by atoms with Crippen molar-refractivity contribution in [3.8, 4) is 22.8 Å². The highest BCUT2D eigenvalue weighted by atomic mass is 32.1. The maximum atomic E-state index is 12.0. The van der Waals surface area contributed by atoms with Gasteiger partial charge < -0.3 is 28.9 Å². The zero-order chi connectivity index (χ0) is 24.9. The fraction of sp³-hybridized carbons (Fsp3) is 0.400. The van der Waals surface area contributed by atoms with Gasteiger partial charge in [-0.05, 0) is 67.4 Å². The van der Waals surface area contributed by atoms with Crippen LogP contribution in [-0.2, 0) is 20.8 Å². The minimum absolute atomic E-state index is 0.0192. The molecule has 0 aliphatic heterocycles. The molecule has 2 aromatic heterocycles. The highest BCUT2D eigenvalue weighted by molar-refractivity contribution is 7.07. The molecule has 0 aliphatic carbocycles. The number of nitrogens with one attached hydrogen (secondary N) is 1. The predicted molar refractivity (Wildman–Crippen MR) is 134 cm³/mol. The topological polar surface area (TPSA) is 96.2 Å². The molecule has 0 saturated carbocycles. The maximum absolute atomic E-state index is 12.0. The fourth-order valence-electron chi connectivity index (χ4n) is 3.16. The summed E-state index contributed by atoms with van der Waals surface area (Å²) in [4.78, 5) is 22.5. The van der Waals surface area contributed by atoms with E-state index in [4.69, 9.17) is 19.0 Å². The second kappa shape index (κ2) is 14.2. The van der Waals surface area contributed by atoms with Crippen molar-refractivity contribution in [3.63, 3.8) is 0 Å². The number of rotatable bonds is 14. The molecule has 1 amide bonds. The van der Waals surface area contributed by atoms with Crippen molar-refractivity contribution in [1.82, 2.24) is 14.9 Å². The van der Waals surface area contributed by atoms with E-state index in [2.05, 4.69) is 20.0 Å². The average molecular weight is 501 g/mol. The summed E-state index contributed by atoms with van der Waals surface area (Å²) in [6.45, 7) is 6.53. The highest BCUT2D eigenvalue weighted by Crippen LogP contribution is 2.23. The van der Waals surface area contributed by atoms with Gasteiger partial charge in [0.15, 0.2) is 5.75 Å². The standard InChI is InChI=1S/C25H32N4O5S/c1-4-33-21-10-7-20(8-11-21)23-18-35-25(28-34-22-9-6-19(2)27-16-22)29(23)13-5-12-26-24(30)17-32-15-14-31-3/h6-11,16,18H,4-5,12-15,17H2,1-3H3,(H,26,30)/b28-25-. The molecule has 0 radical (unpaired) electrons. The average Bonchev–Trinajstić information content (AvgIpc) is 3.27. The predicted octanol–water partition coefficient (Wildman–Crippen LogP) is 3.38. The first-order chi connectivity index (χ1) is 17.1. The van der Waals surface area contributed by atoms with Gasteiger partial charge in [0.25, 0.3) is 0 Å². The third-order valence-electron chi connectivity index (χ3n) is 4.92. The van der Waals surface area contributed by atoms with Gasteiger partial charge in [0.05, 0.1) is 31.7 Å². The molecule has 0 bridgehead atoms. The Morgan fingerprint density at radius 3 is 2.66 bits per heavy atom. The summed E-state index contributed by atoms with van der Waals surface area (Å²) in [7, 11) is 1.59. The van der Waals surface area contributed by atoms with Gasteiger partial charge in [0.2, 0.25) is 10.7 Å². The molecule has 0 unspecified atom stereocenters. The molecule has 0 aliphatic rings. The van der Waals surface area contributed by atoms with E-state index in [1.165, 1.54) is 11.3 Å². The van der Waals surface area contributed by atoms with Crippen LogP contribution in [0.5, 0.6) is 11.5 Å². The first-order valence-corrected chi connectivity index (χ1v) is 12.4. The van der Waals surface area contributed by atoms with Crippen molar-refractivity contribution in [2.24, 2.45) is 5.16 Å². The summed E-state index contributed by atoms with van der Waals surface area (Å²) < 4.78 is 17.8. The van der Waals surface area contributed by atoms with Crippen molar-refractivity contribution in [1.29, 1.82) is 0 Å². The number of aryl methyl sites for hydroxylation is 1. The van der Waals surface area contributed by atoms with E-state index < -0.39 is 0 Å². The van der Waals surface area contributed by atoms with E-state index in [-0.39, 0.29) is 12.5 Å². The molecule has 2 heterocycles. The van der Waals surface area contributed by atoms with Crippen molar-refractivity contribution in [2.75, 3.05) is 40.1 Å². The number of nitrogens with zero attached hydrogens (tertiary/aromatic N) is 3. The monoisotopic (exact) mass is 500 g/mol. The molecule has 0 fully saturated rings. The van der Waals surface area contributed by atoms with Crippen LogP contribution >= 0.6 is 11.3 Å². The molecule has 188 valence electrons. The highest BCUT2D eigenvalue weighted by Gasteiger charge is 2.10. The van der Waals surface area contributed by atoms with E-state index in [0.717, 1.165) is 22.7 Å². The number of thiazole rings is 1. The number of pyridine rings is 1. The minimum atomic E-state index is -0.150. The molecular formula is C25H32N4O5S. The van der Waals surface area contributed by atoms with Gasteiger partial charge in [0, 0.05) is 31.3 Å². The summed E-state index contributed by atoms with van der Waals surface area (Å²) in [5.74, 6) is 1.25. The molecule has 3 aromatic rings. The van der Waals surface area contributed by atoms with Gasteiger partial charge in [-0.15, -0.1) is 11.3 Å². The lowest BCUT2D eigenvalue weighted by molar-refractivity contribution is -0.126. The van der Waals surface area contributed by atoms with Crippen LogP contribution in [0.4, 0.5) is 0 Å². The first-order valence-electron chi connectivity index (χ1n) is 11.5. The summed E-state index contributed by atoms with van der Waals surface area (Å²) in [6.07, 6.45) is 2.36. The Bertz CT molecular complexity index is 1110. The van der Waals surface area contributed by atoms with Gasteiger partial charge in [-0.2, -0.15) is 0 Å². The van der Waals surface area contributed by atoms with E-state index >= 15 is 0 Å². The van der Waals surface area contributed by atoms with Gasteiger partial charge in [0.1, 0.15) is 12.4 Å². The lowest BCUT2D eigenvalue weighted by atomic mass is 10.1. The molecule has 9 nitrogen and oxygen atoms in total. The quantitative estimate of drug-likeness (QED) is 0.269. The summed E-state index contributed by atoms with van der Waals surface area (Å²) in [6, 6.07) is 11.7. The van der Waals surface area contributed by atoms with E-state index in [1.54, 1.807) is 13.3 Å². The van der Waals surface area contributed by atoms with Crippen LogP contribution in [0.25, 0.3) is 11.3 Å². The molecule has 0 saturated heterocycles. The van der Waals surface area contributed by atoms with Gasteiger partial charge in [-0.1, -0.05) is 0 Å². The maximum Gasteiger partial charge on any atom is 0.246 e. The van der Waals surface area contributed by atoms with Gasteiger partial charge in [-0.25, -0.2) is 0 Å². The Labute approximate surface area is 209 Å². The number of ether oxygens (including phenoxy) is 3. The number of hydrogen-bond donors (Lipinski definition) is 1. The molecule has 1 N–H and O–H groups in total. The molecular weight excluding hydrogens is 468 g/mol. The Morgan fingerprint density at radius 2 is 1.94 bits per heavy atom. The molecule has 1 aromatic carbocycles. The third-order valence-corrected chi connectivity index (χ3v) is 5.76. The van der Waals surface area contributed by atoms with Crippen molar-refractivity contribution < 1.29 is 23.8 Å². The number of amides is 1. The normalized spacial score (nSPS) is 11.5. The fourth-order valence-corrected chi connectivity index (χ4v) is 4.04. The molecule has 0 spiro atoms. The number of methoxy groups -OCH3 is 1. The van der Waals surface area contributed by atoms with E-state index in [1.807, 2.05) is 55.6 Å². The molecule has 0 atom stereocenters. The van der Waals surface area contributed by atoms with Crippen molar-refractivity contribution in [2.45, 2.75) is 26.8 Å². The molecule has 10 heteroatoms. The van der Waals surface area contributed by atoms with Crippen LogP contribution in [-0.4, -0.2) is 55.5 Å². The Morgan fingerprint density at radius 1 is 1.14 bits per heavy atom. The van der Waals surface area contributed by atoms with E-state index in [0.29, 0.717) is 49.9 Å². The van der Waals surface area contributed by atoms with Crippen LogP contribution in [0.2, 0.25) is 0 Å². The lowest BCUT2D eigenvalue weighted by Gasteiger charge is -2.11. The van der Waals surface area contributed by atoms with Crippen LogP contribution in [0, 0.1) is 6.92 Å². The Kier molecular flexibility index (Phi) is 10.7. The van der Waals surface area contributed by atoms with Crippen molar-refractivity contribution >= 4 is 17.2 Å². The van der Waals surface area contributed by atoms with Gasteiger partial charge >= 0.3 is 0 Å². The zero-order valence-corrected chi connectivity index (χ0v) is 21.2. The second-order valence-corrected chi connectivity index (χ2v) is 8.42. The van der Waals surface area contributed by atoms with Crippen LogP contribution in [0.3, 0.4) is 0 Å². The summed E-state index contributed by atoms with van der Waals surface area (Å²) in [5.41, 5.74) is 2.96. The largest absolute Gasteiger partial charge is 0.494 e.